The van der Waals surface area contributed by atoms with E-state index in [1.165, 1.54) is 0 Å². The van der Waals surface area contributed by atoms with Gasteiger partial charge < -0.3 is 10.3 Å². The first-order valence-electron chi connectivity index (χ1n) is 5.71. The fourth-order valence-electron chi connectivity index (χ4n) is 1.96. The smallest absolute Gasteiger partial charge is 0.320 e. The molecule has 88 valence electrons. The third-order valence-corrected chi connectivity index (χ3v) is 2.83. The van der Waals surface area contributed by atoms with Crippen molar-refractivity contribution in [1.29, 1.82) is 0 Å². The number of carbonyl (C=O) groups is 1. The van der Waals surface area contributed by atoms with Crippen molar-refractivity contribution in [2.45, 2.75) is 6.92 Å². The predicted molar refractivity (Wildman–Crippen MR) is 71.3 cm³/mol. The first-order chi connectivity index (χ1) is 8.74. The van der Waals surface area contributed by atoms with Gasteiger partial charge in [-0.2, -0.15) is 24.3 Å². The molecule has 4 heteroatoms. The van der Waals surface area contributed by atoms with Crippen LogP contribution in [0.2, 0.25) is 0 Å². The molecule has 0 fully saturated rings. The predicted octanol–water partition coefficient (Wildman–Crippen LogP) is -0.128. The van der Waals surface area contributed by atoms with Gasteiger partial charge in [0.1, 0.15) is 5.71 Å². The number of nitrogens with zero attached hydrogens (tertiary/aromatic N) is 1. The van der Waals surface area contributed by atoms with Crippen LogP contribution in [0.1, 0.15) is 11.1 Å². The molecule has 0 radical (unpaired) electrons. The van der Waals surface area contributed by atoms with Crippen LogP contribution < -0.4 is 34.9 Å². The van der Waals surface area contributed by atoms with Gasteiger partial charge in [-0.25, -0.2) is 0 Å². The van der Waals surface area contributed by atoms with Gasteiger partial charge in [0, 0.05) is 5.56 Å². The zero-order chi connectivity index (χ0) is 12.5. The fraction of sp³-hybridized carbons (Fsp3) is 0.0667. The minimum absolute atomic E-state index is 0. The van der Waals surface area contributed by atoms with Crippen molar-refractivity contribution in [3.05, 3.63) is 59.7 Å². The normalized spacial score (nSPS) is 14.8. The number of hydrogen-bond acceptors (Lipinski definition) is 2. The topological polar surface area (TPSA) is 41.5 Å². The van der Waals surface area contributed by atoms with E-state index in [-0.39, 0.29) is 35.5 Å². The monoisotopic (exact) mass is 258 g/mol. The molecule has 0 spiro atoms. The van der Waals surface area contributed by atoms with Crippen LogP contribution in [0.15, 0.2) is 47.5 Å². The number of aryl methyl sites for hydroxylation is 1. The molecule has 0 saturated heterocycles. The summed E-state index contributed by atoms with van der Waals surface area (Å²) >= 11 is 0. The number of amides is 1. The van der Waals surface area contributed by atoms with E-state index in [1.807, 2.05) is 37.3 Å². The number of benzene rings is 2. The van der Waals surface area contributed by atoms with E-state index < -0.39 is 0 Å². The Balaban J connectivity index is 0.00000133. The van der Waals surface area contributed by atoms with Crippen molar-refractivity contribution in [2.75, 3.05) is 5.32 Å². The summed E-state index contributed by atoms with van der Waals surface area (Å²) in [5.41, 5.74) is 4.00. The van der Waals surface area contributed by atoms with Crippen LogP contribution in [0.25, 0.3) is 0 Å². The summed E-state index contributed by atoms with van der Waals surface area (Å²) in [6.07, 6.45) is 0. The average molecular weight is 258 g/mol. The van der Waals surface area contributed by atoms with Gasteiger partial charge in [0.25, 0.3) is 5.91 Å². The molecule has 3 nitrogen and oxygen atoms in total. The molecular formula is C15H11N2NaO. The molecule has 0 aromatic heterocycles. The van der Waals surface area contributed by atoms with E-state index in [9.17, 15) is 4.79 Å². The Labute approximate surface area is 134 Å². The zero-order valence-corrected chi connectivity index (χ0v) is 12.9. The van der Waals surface area contributed by atoms with E-state index in [2.05, 4.69) is 16.4 Å². The van der Waals surface area contributed by atoms with E-state index >= 15 is 0 Å². The molecule has 2 aromatic carbocycles. The number of aliphatic imine (C=N–C) groups is 1. The molecule has 1 N–H and O–H groups in total. The third-order valence-electron chi connectivity index (χ3n) is 2.83. The van der Waals surface area contributed by atoms with E-state index in [0.29, 0.717) is 5.71 Å². The largest absolute Gasteiger partial charge is 1.00 e. The van der Waals surface area contributed by atoms with Gasteiger partial charge >= 0.3 is 29.6 Å². The molecule has 2 aromatic rings. The first kappa shape index (κ1) is 14.0. The summed E-state index contributed by atoms with van der Waals surface area (Å²) in [7, 11) is 0. The van der Waals surface area contributed by atoms with Gasteiger partial charge in [-0.15, -0.1) is 6.07 Å². The maximum absolute atomic E-state index is 11.9. The van der Waals surface area contributed by atoms with Crippen LogP contribution in [0.3, 0.4) is 0 Å². The van der Waals surface area contributed by atoms with Crippen LogP contribution in [0.5, 0.6) is 0 Å². The summed E-state index contributed by atoms with van der Waals surface area (Å²) < 4.78 is 0. The number of fused-ring (bicyclic) bond motifs is 1. The Morgan fingerprint density at radius 1 is 1.26 bits per heavy atom. The van der Waals surface area contributed by atoms with Crippen molar-refractivity contribution in [3.63, 3.8) is 0 Å². The second-order valence-electron chi connectivity index (χ2n) is 4.23. The van der Waals surface area contributed by atoms with Crippen molar-refractivity contribution in [2.24, 2.45) is 4.99 Å². The van der Waals surface area contributed by atoms with Crippen LogP contribution >= 0.6 is 0 Å². The maximum Gasteiger partial charge on any atom is 1.00 e. The molecule has 0 atom stereocenters. The Morgan fingerprint density at radius 3 is 2.84 bits per heavy atom. The number of carbonyl (C=O) groups excluding carboxylic acids is 1. The van der Waals surface area contributed by atoms with Crippen molar-refractivity contribution >= 4 is 23.0 Å². The molecule has 0 unspecified atom stereocenters. The zero-order valence-electron chi connectivity index (χ0n) is 10.9. The second-order valence-corrected chi connectivity index (χ2v) is 4.23. The Bertz CT molecular complexity index is 650. The SMILES string of the molecule is Cc1ccc2c(c1)C(=Nc1c[c-]ccc1)C(=O)N2.[Na+]. The van der Waals surface area contributed by atoms with Gasteiger partial charge in [0.2, 0.25) is 0 Å². The Hall–Kier alpha value is -1.42. The molecule has 19 heavy (non-hydrogen) atoms. The minimum atomic E-state index is -0.153. The van der Waals surface area contributed by atoms with Crippen molar-refractivity contribution in [1.82, 2.24) is 0 Å². The quantitative estimate of drug-likeness (QED) is 0.562. The summed E-state index contributed by atoms with van der Waals surface area (Å²) in [5, 5.41) is 2.82. The van der Waals surface area contributed by atoms with Gasteiger partial charge in [0.15, 0.2) is 0 Å². The summed E-state index contributed by atoms with van der Waals surface area (Å²) in [6, 6.07) is 16.1. The van der Waals surface area contributed by atoms with Crippen LogP contribution in [-0.2, 0) is 4.79 Å². The summed E-state index contributed by atoms with van der Waals surface area (Å²) in [5.74, 6) is -0.153. The average Bonchev–Trinajstić information content (AvgIpc) is 2.67. The van der Waals surface area contributed by atoms with Crippen LogP contribution in [0, 0.1) is 13.0 Å². The van der Waals surface area contributed by atoms with Crippen molar-refractivity contribution < 1.29 is 34.4 Å². The van der Waals surface area contributed by atoms with Crippen LogP contribution in [0.4, 0.5) is 11.4 Å². The minimum Gasteiger partial charge on any atom is -0.320 e. The molecule has 1 amide bonds. The number of nitrogens with one attached hydrogen (secondary N) is 1. The van der Waals surface area contributed by atoms with Crippen LogP contribution in [-0.4, -0.2) is 11.6 Å². The van der Waals surface area contributed by atoms with Gasteiger partial charge in [-0.3, -0.25) is 4.79 Å². The standard InChI is InChI=1S/C15H11N2O.Na/c1-10-7-8-13-12(9-10)14(15(18)17-13)16-11-5-3-2-4-6-11;/h2-3,5-9H,1H3,(H,16,17,18);/q-1;+1. The molecule has 1 heterocycles. The maximum atomic E-state index is 11.9. The van der Waals surface area contributed by atoms with E-state index in [0.717, 1.165) is 22.5 Å². The van der Waals surface area contributed by atoms with Gasteiger partial charge in [-0.1, -0.05) is 11.6 Å². The molecule has 0 saturated carbocycles. The molecule has 3 rings (SSSR count). The van der Waals surface area contributed by atoms with Gasteiger partial charge in [-0.05, 0) is 24.7 Å². The van der Waals surface area contributed by atoms with E-state index in [1.54, 1.807) is 12.1 Å². The fourth-order valence-corrected chi connectivity index (χ4v) is 1.96. The Morgan fingerprint density at radius 2 is 2.11 bits per heavy atom. The molecule has 1 aliphatic rings. The number of anilines is 1. The summed E-state index contributed by atoms with van der Waals surface area (Å²) in [4.78, 5) is 16.3. The van der Waals surface area contributed by atoms with E-state index in [4.69, 9.17) is 0 Å². The molecule has 0 bridgehead atoms. The first-order valence-corrected chi connectivity index (χ1v) is 5.71. The van der Waals surface area contributed by atoms with Crippen molar-refractivity contribution in [3.8, 4) is 0 Å². The number of hydrogen-bond donors (Lipinski definition) is 1. The summed E-state index contributed by atoms with van der Waals surface area (Å²) in [6.45, 7) is 2.00. The third kappa shape index (κ3) is 2.78. The van der Waals surface area contributed by atoms with Gasteiger partial charge in [0.05, 0.1) is 5.69 Å². The second kappa shape index (κ2) is 5.70. The molecule has 1 aliphatic heterocycles. The molecule has 0 aliphatic carbocycles. The Kier molecular flexibility index (Phi) is 4.20. The molecular weight excluding hydrogens is 247 g/mol. The number of rotatable bonds is 1.